The number of benzene rings is 1. The Balaban J connectivity index is 2.18. The highest BCUT2D eigenvalue weighted by Crippen LogP contribution is 2.18. The summed E-state index contributed by atoms with van der Waals surface area (Å²) in [6.45, 7) is 2.56. The van der Waals surface area contributed by atoms with Crippen molar-refractivity contribution >= 4 is 24.4 Å². The van der Waals surface area contributed by atoms with Gasteiger partial charge < -0.3 is 15.0 Å². The van der Waals surface area contributed by atoms with Crippen LogP contribution in [-0.4, -0.2) is 36.8 Å². The van der Waals surface area contributed by atoms with Crippen LogP contribution >= 0.6 is 0 Å². The molecule has 0 aliphatic carbocycles. The Morgan fingerprint density at radius 2 is 1.96 bits per heavy atom. The average Bonchev–Trinajstić information content (AvgIpc) is 2.54. The van der Waals surface area contributed by atoms with Crippen LogP contribution in [0.5, 0.6) is 5.75 Å². The second-order valence-electron chi connectivity index (χ2n) is 5.00. The molecule has 0 saturated heterocycles. The quantitative estimate of drug-likeness (QED) is 0.900. The van der Waals surface area contributed by atoms with Crippen LogP contribution in [0, 0.1) is 0 Å². The summed E-state index contributed by atoms with van der Waals surface area (Å²) >= 11 is 0. The highest BCUT2D eigenvalue weighted by molar-refractivity contribution is 5.58. The molecule has 0 bridgehead atoms. The molecule has 2 aromatic rings. The molecule has 0 radical (unpaired) electrons. The second-order valence-corrected chi connectivity index (χ2v) is 5.00. The lowest BCUT2D eigenvalue weighted by molar-refractivity contribution is -0.115. The van der Waals surface area contributed by atoms with E-state index < -0.39 is 12.7 Å². The summed E-state index contributed by atoms with van der Waals surface area (Å²) in [4.78, 5) is 9.64. The third kappa shape index (κ3) is 4.87. The minimum atomic E-state index is -4.33. The molecule has 5 nitrogen and oxygen atoms in total. The van der Waals surface area contributed by atoms with Gasteiger partial charge in [0.2, 0.25) is 5.95 Å². The standard InChI is InChI=1S/C16H17F3N4O/c1-11-12(8-20-15(22-11)21-10-16(17,18)19)9-23(2)13-4-6-14(24-3)7-5-13/h4-9H,1,10H2,2-3H3,(H,21,22)/b12-9-. The van der Waals surface area contributed by atoms with Gasteiger partial charge in [0.05, 0.1) is 12.5 Å². The summed E-state index contributed by atoms with van der Waals surface area (Å²) in [6, 6.07) is 7.40. The lowest BCUT2D eigenvalue weighted by atomic mass is 10.3. The van der Waals surface area contributed by atoms with E-state index in [2.05, 4.69) is 21.9 Å². The lowest BCUT2D eigenvalue weighted by Gasteiger charge is -2.14. The van der Waals surface area contributed by atoms with Gasteiger partial charge in [-0.1, -0.05) is 6.58 Å². The zero-order valence-electron chi connectivity index (χ0n) is 13.3. The van der Waals surface area contributed by atoms with Crippen LogP contribution in [0.2, 0.25) is 0 Å². The molecule has 0 aliphatic heterocycles. The molecule has 0 aliphatic rings. The number of halogens is 3. The Bertz CT molecular complexity index is 790. The second kappa shape index (κ2) is 7.20. The SMILES string of the molecule is C=c1nc(NCC(F)(F)F)nc/c1=C/N(C)c1ccc(OC)cc1. The summed E-state index contributed by atoms with van der Waals surface area (Å²) in [5, 5.41) is 3.05. The Morgan fingerprint density at radius 1 is 1.29 bits per heavy atom. The molecular formula is C16H17F3N4O. The third-order valence-corrected chi connectivity index (χ3v) is 3.16. The molecule has 0 unspecified atom stereocenters. The van der Waals surface area contributed by atoms with Crippen LogP contribution in [0.1, 0.15) is 0 Å². The molecule has 1 aromatic heterocycles. The molecule has 0 spiro atoms. The Morgan fingerprint density at radius 3 is 2.50 bits per heavy atom. The Kier molecular flexibility index (Phi) is 5.28. The molecule has 2 rings (SSSR count). The van der Waals surface area contributed by atoms with Gasteiger partial charge in [0.1, 0.15) is 12.3 Å². The summed E-state index contributed by atoms with van der Waals surface area (Å²) < 4.78 is 41.6. The first-order valence-electron chi connectivity index (χ1n) is 7.00. The van der Waals surface area contributed by atoms with Gasteiger partial charge in [0.15, 0.2) is 0 Å². The number of alkyl halides is 3. The van der Waals surface area contributed by atoms with Crippen LogP contribution in [-0.2, 0) is 0 Å². The Hall–Kier alpha value is -2.77. The van der Waals surface area contributed by atoms with Crippen molar-refractivity contribution in [3.63, 3.8) is 0 Å². The van der Waals surface area contributed by atoms with E-state index in [1.165, 1.54) is 6.20 Å². The van der Waals surface area contributed by atoms with Gasteiger partial charge in [-0.2, -0.15) is 13.2 Å². The number of methoxy groups -OCH3 is 1. The van der Waals surface area contributed by atoms with E-state index in [1.807, 2.05) is 36.2 Å². The zero-order valence-corrected chi connectivity index (χ0v) is 13.3. The van der Waals surface area contributed by atoms with Crippen molar-refractivity contribution in [2.24, 2.45) is 0 Å². The zero-order chi connectivity index (χ0) is 17.7. The molecule has 24 heavy (non-hydrogen) atoms. The van der Waals surface area contributed by atoms with Crippen molar-refractivity contribution in [3.05, 3.63) is 41.0 Å². The maximum atomic E-state index is 12.2. The highest BCUT2D eigenvalue weighted by atomic mass is 19.4. The van der Waals surface area contributed by atoms with Crippen LogP contribution in [0.4, 0.5) is 24.8 Å². The summed E-state index contributed by atoms with van der Waals surface area (Å²) in [7, 11) is 3.42. The predicted molar refractivity (Wildman–Crippen MR) is 87.2 cm³/mol. The molecule has 0 fully saturated rings. The van der Waals surface area contributed by atoms with Crippen LogP contribution in [0.15, 0.2) is 30.5 Å². The van der Waals surface area contributed by atoms with E-state index in [1.54, 1.807) is 13.3 Å². The van der Waals surface area contributed by atoms with Crippen molar-refractivity contribution in [1.82, 2.24) is 9.97 Å². The fourth-order valence-corrected chi connectivity index (χ4v) is 1.90. The maximum Gasteiger partial charge on any atom is 0.405 e. The number of anilines is 2. The molecule has 0 amide bonds. The number of nitrogens with zero attached hydrogens (tertiary/aromatic N) is 3. The van der Waals surface area contributed by atoms with Crippen molar-refractivity contribution in [3.8, 4) is 5.75 Å². The smallest absolute Gasteiger partial charge is 0.405 e. The monoisotopic (exact) mass is 338 g/mol. The van der Waals surface area contributed by atoms with Crippen LogP contribution in [0.25, 0.3) is 12.8 Å². The number of rotatable bonds is 5. The van der Waals surface area contributed by atoms with Gasteiger partial charge in [0, 0.05) is 30.4 Å². The van der Waals surface area contributed by atoms with Gasteiger partial charge in [-0.25, -0.2) is 9.97 Å². The molecule has 1 heterocycles. The van der Waals surface area contributed by atoms with Gasteiger partial charge in [-0.15, -0.1) is 0 Å². The first-order valence-corrected chi connectivity index (χ1v) is 7.00. The molecule has 0 atom stereocenters. The minimum absolute atomic E-state index is 0.110. The molecule has 8 heteroatoms. The molecular weight excluding hydrogens is 321 g/mol. The fourth-order valence-electron chi connectivity index (χ4n) is 1.90. The number of aromatic nitrogens is 2. The van der Waals surface area contributed by atoms with Crippen LogP contribution < -0.4 is 25.5 Å². The van der Waals surface area contributed by atoms with E-state index in [4.69, 9.17) is 4.74 Å². The molecule has 1 aromatic carbocycles. The largest absolute Gasteiger partial charge is 0.497 e. The van der Waals surface area contributed by atoms with E-state index in [0.717, 1.165) is 11.4 Å². The number of hydrogen-bond donors (Lipinski definition) is 1. The molecule has 128 valence electrons. The summed E-state index contributed by atoms with van der Waals surface area (Å²) in [6.07, 6.45) is -1.16. The van der Waals surface area contributed by atoms with Gasteiger partial charge in [-0.3, -0.25) is 0 Å². The van der Waals surface area contributed by atoms with Crippen LogP contribution in [0.3, 0.4) is 0 Å². The first kappa shape index (κ1) is 17.6. The van der Waals surface area contributed by atoms with E-state index >= 15 is 0 Å². The molecule has 0 saturated carbocycles. The van der Waals surface area contributed by atoms with E-state index in [9.17, 15) is 13.2 Å². The van der Waals surface area contributed by atoms with E-state index in [-0.39, 0.29) is 5.95 Å². The summed E-state index contributed by atoms with van der Waals surface area (Å²) in [5.74, 6) is 0.634. The predicted octanol–water partition coefficient (Wildman–Crippen LogP) is 1.74. The lowest BCUT2D eigenvalue weighted by Crippen LogP contribution is -2.32. The van der Waals surface area contributed by atoms with Crippen molar-refractivity contribution in [2.75, 3.05) is 30.9 Å². The van der Waals surface area contributed by atoms with Gasteiger partial charge in [0.25, 0.3) is 0 Å². The maximum absolute atomic E-state index is 12.2. The number of hydrogen-bond acceptors (Lipinski definition) is 5. The van der Waals surface area contributed by atoms with Gasteiger partial charge >= 0.3 is 6.18 Å². The van der Waals surface area contributed by atoms with Crippen molar-refractivity contribution in [2.45, 2.75) is 6.18 Å². The average molecular weight is 338 g/mol. The number of ether oxygens (including phenoxy) is 1. The normalized spacial score (nSPS) is 12.1. The topological polar surface area (TPSA) is 50.3 Å². The Labute approximate surface area is 137 Å². The third-order valence-electron chi connectivity index (χ3n) is 3.16. The summed E-state index contributed by atoms with van der Waals surface area (Å²) in [5.41, 5.74) is 0.898. The first-order chi connectivity index (χ1) is 11.3. The van der Waals surface area contributed by atoms with Crippen molar-refractivity contribution < 1.29 is 17.9 Å². The highest BCUT2D eigenvalue weighted by Gasteiger charge is 2.26. The van der Waals surface area contributed by atoms with E-state index in [0.29, 0.717) is 10.6 Å². The van der Waals surface area contributed by atoms with Gasteiger partial charge in [-0.05, 0) is 24.3 Å². The fraction of sp³-hybridized carbons (Fsp3) is 0.250. The minimum Gasteiger partial charge on any atom is -0.497 e. The molecule has 1 N–H and O–H groups in total. The number of nitrogens with one attached hydrogen (secondary N) is 1. The van der Waals surface area contributed by atoms with Crippen molar-refractivity contribution in [1.29, 1.82) is 0 Å².